The summed E-state index contributed by atoms with van der Waals surface area (Å²) >= 11 is 11.6. The van der Waals surface area contributed by atoms with Gasteiger partial charge >= 0.3 is 0 Å². The van der Waals surface area contributed by atoms with Gasteiger partial charge in [-0.2, -0.15) is 5.26 Å². The van der Waals surface area contributed by atoms with Crippen LogP contribution in [0.3, 0.4) is 0 Å². The molecule has 80 valence electrons. The summed E-state index contributed by atoms with van der Waals surface area (Å²) < 4.78 is 5.34. The van der Waals surface area contributed by atoms with Gasteiger partial charge in [0, 0.05) is 5.02 Å². The van der Waals surface area contributed by atoms with Gasteiger partial charge in [0.15, 0.2) is 5.38 Å². The quantitative estimate of drug-likeness (QED) is 0.760. The Hall–Kier alpha value is -0.910. The monoisotopic (exact) mass is 243 g/mol. The largest absolute Gasteiger partial charge is 0.491 e. The first-order valence-corrected chi connectivity index (χ1v) is 5.43. The molecule has 15 heavy (non-hydrogen) atoms. The van der Waals surface area contributed by atoms with Crippen molar-refractivity contribution in [3.63, 3.8) is 0 Å². The van der Waals surface area contributed by atoms with E-state index >= 15 is 0 Å². The van der Waals surface area contributed by atoms with Crippen LogP contribution in [0.2, 0.25) is 5.02 Å². The molecule has 0 aliphatic rings. The first-order valence-electron chi connectivity index (χ1n) is 4.62. The SMILES string of the molecule is CCc1cc(OCC(Cl)C#N)ccc1Cl. The molecule has 1 unspecified atom stereocenters. The van der Waals surface area contributed by atoms with E-state index in [1.807, 2.05) is 19.1 Å². The molecule has 0 aromatic heterocycles. The van der Waals surface area contributed by atoms with Crippen molar-refractivity contribution in [3.05, 3.63) is 28.8 Å². The third kappa shape index (κ3) is 3.62. The lowest BCUT2D eigenvalue weighted by molar-refractivity contribution is 0.328. The maximum absolute atomic E-state index is 8.47. The number of aryl methyl sites for hydroxylation is 1. The number of rotatable bonds is 4. The normalized spacial score (nSPS) is 11.9. The summed E-state index contributed by atoms with van der Waals surface area (Å²) in [5, 5.41) is 8.58. The number of hydrogen-bond acceptors (Lipinski definition) is 2. The highest BCUT2D eigenvalue weighted by atomic mass is 35.5. The highest BCUT2D eigenvalue weighted by Crippen LogP contribution is 2.22. The van der Waals surface area contributed by atoms with Crippen LogP contribution in [0.4, 0.5) is 0 Å². The van der Waals surface area contributed by atoms with Crippen LogP contribution in [0.15, 0.2) is 18.2 Å². The standard InChI is InChI=1S/C11H11Cl2NO/c1-2-8-5-10(3-4-11(8)13)15-7-9(12)6-14/h3-5,9H,2,7H2,1H3. The molecule has 0 heterocycles. The molecule has 0 amide bonds. The molecule has 0 bridgehead atoms. The number of nitrogens with zero attached hydrogens (tertiary/aromatic N) is 1. The Morgan fingerprint density at radius 2 is 2.27 bits per heavy atom. The molecule has 1 atom stereocenters. The van der Waals surface area contributed by atoms with Crippen molar-refractivity contribution in [3.8, 4) is 11.8 Å². The second-order valence-corrected chi connectivity index (χ2v) is 3.95. The molecular weight excluding hydrogens is 233 g/mol. The Morgan fingerprint density at radius 1 is 1.53 bits per heavy atom. The summed E-state index contributed by atoms with van der Waals surface area (Å²) in [7, 11) is 0. The van der Waals surface area contributed by atoms with Gasteiger partial charge in [0.1, 0.15) is 12.4 Å². The highest BCUT2D eigenvalue weighted by molar-refractivity contribution is 6.31. The highest BCUT2D eigenvalue weighted by Gasteiger charge is 2.05. The lowest BCUT2D eigenvalue weighted by Gasteiger charge is -2.08. The fourth-order valence-electron chi connectivity index (χ4n) is 1.12. The molecule has 1 aromatic carbocycles. The molecule has 1 rings (SSSR count). The summed E-state index contributed by atoms with van der Waals surface area (Å²) in [6, 6.07) is 7.30. The minimum atomic E-state index is -0.620. The second-order valence-electron chi connectivity index (χ2n) is 3.01. The molecule has 4 heteroatoms. The lowest BCUT2D eigenvalue weighted by atomic mass is 10.1. The summed E-state index contributed by atoms with van der Waals surface area (Å²) in [6.45, 7) is 2.20. The topological polar surface area (TPSA) is 33.0 Å². The Morgan fingerprint density at radius 3 is 2.87 bits per heavy atom. The summed E-state index contributed by atoms with van der Waals surface area (Å²) in [5.74, 6) is 0.692. The van der Waals surface area contributed by atoms with E-state index in [4.69, 9.17) is 33.2 Å². The number of benzene rings is 1. The first-order chi connectivity index (χ1) is 7.17. The molecular formula is C11H11Cl2NO. The van der Waals surface area contributed by atoms with Crippen molar-refractivity contribution in [1.82, 2.24) is 0 Å². The third-order valence-electron chi connectivity index (χ3n) is 1.93. The average molecular weight is 244 g/mol. The molecule has 2 nitrogen and oxygen atoms in total. The minimum absolute atomic E-state index is 0.183. The second kappa shape index (κ2) is 5.85. The van der Waals surface area contributed by atoms with Crippen LogP contribution in [0.1, 0.15) is 12.5 Å². The van der Waals surface area contributed by atoms with Crippen molar-refractivity contribution < 1.29 is 4.74 Å². The molecule has 1 aromatic rings. The van der Waals surface area contributed by atoms with E-state index < -0.39 is 5.38 Å². The summed E-state index contributed by atoms with van der Waals surface area (Å²) in [6.07, 6.45) is 0.846. The minimum Gasteiger partial charge on any atom is -0.491 e. The first kappa shape index (κ1) is 12.2. The van der Waals surface area contributed by atoms with E-state index in [0.29, 0.717) is 5.75 Å². The maximum Gasteiger partial charge on any atom is 0.154 e. The number of hydrogen-bond donors (Lipinski definition) is 0. The Labute approximate surface area is 99.4 Å². The van der Waals surface area contributed by atoms with Crippen LogP contribution in [0.5, 0.6) is 5.75 Å². The molecule has 0 N–H and O–H groups in total. The van der Waals surface area contributed by atoms with Gasteiger partial charge in [0.25, 0.3) is 0 Å². The van der Waals surface area contributed by atoms with Crippen LogP contribution >= 0.6 is 23.2 Å². The fraction of sp³-hybridized carbons (Fsp3) is 0.364. The zero-order chi connectivity index (χ0) is 11.3. The van der Waals surface area contributed by atoms with Gasteiger partial charge in [-0.25, -0.2) is 0 Å². The van der Waals surface area contributed by atoms with Crippen LogP contribution in [0.25, 0.3) is 0 Å². The number of alkyl halides is 1. The van der Waals surface area contributed by atoms with Gasteiger partial charge in [-0.05, 0) is 30.2 Å². The van der Waals surface area contributed by atoms with Gasteiger partial charge < -0.3 is 4.74 Å². The molecule has 0 saturated carbocycles. The molecule has 0 saturated heterocycles. The van der Waals surface area contributed by atoms with Crippen LogP contribution in [-0.4, -0.2) is 12.0 Å². The number of ether oxygens (including phenoxy) is 1. The van der Waals surface area contributed by atoms with Crippen molar-refractivity contribution in [2.75, 3.05) is 6.61 Å². The zero-order valence-corrected chi connectivity index (χ0v) is 9.85. The van der Waals surface area contributed by atoms with Gasteiger partial charge in [-0.1, -0.05) is 18.5 Å². The number of nitriles is 1. The Balaban J connectivity index is 2.67. The van der Waals surface area contributed by atoms with Gasteiger partial charge in [0.05, 0.1) is 6.07 Å². The molecule has 0 fully saturated rings. The van der Waals surface area contributed by atoms with E-state index in [9.17, 15) is 0 Å². The zero-order valence-electron chi connectivity index (χ0n) is 8.34. The molecule has 0 spiro atoms. The fourth-order valence-corrected chi connectivity index (χ4v) is 1.43. The van der Waals surface area contributed by atoms with E-state index in [1.165, 1.54) is 0 Å². The van der Waals surface area contributed by atoms with Crippen LogP contribution < -0.4 is 4.74 Å². The summed E-state index contributed by atoms with van der Waals surface area (Å²) in [4.78, 5) is 0. The maximum atomic E-state index is 8.47. The van der Waals surface area contributed by atoms with Crippen LogP contribution in [0, 0.1) is 11.3 Å². The Kier molecular flexibility index (Phi) is 4.74. The van der Waals surface area contributed by atoms with Crippen molar-refractivity contribution in [2.24, 2.45) is 0 Å². The van der Waals surface area contributed by atoms with Crippen molar-refractivity contribution >= 4 is 23.2 Å². The Bertz CT molecular complexity index is 373. The van der Waals surface area contributed by atoms with Gasteiger partial charge in [-0.3, -0.25) is 0 Å². The average Bonchev–Trinajstić information content (AvgIpc) is 2.27. The van der Waals surface area contributed by atoms with E-state index in [0.717, 1.165) is 17.0 Å². The molecule has 0 radical (unpaired) electrons. The summed E-state index contributed by atoms with van der Waals surface area (Å²) in [5.41, 5.74) is 1.03. The van der Waals surface area contributed by atoms with E-state index in [1.54, 1.807) is 12.1 Å². The molecule has 0 aliphatic carbocycles. The van der Waals surface area contributed by atoms with Crippen molar-refractivity contribution in [1.29, 1.82) is 5.26 Å². The van der Waals surface area contributed by atoms with Gasteiger partial charge in [0.2, 0.25) is 0 Å². The molecule has 0 aliphatic heterocycles. The predicted octanol–water partition coefficient (Wildman–Crippen LogP) is 3.41. The smallest absolute Gasteiger partial charge is 0.154 e. The van der Waals surface area contributed by atoms with E-state index in [2.05, 4.69) is 0 Å². The van der Waals surface area contributed by atoms with Crippen molar-refractivity contribution in [2.45, 2.75) is 18.7 Å². The third-order valence-corrected chi connectivity index (χ3v) is 2.53. The number of halogens is 2. The van der Waals surface area contributed by atoms with Gasteiger partial charge in [-0.15, -0.1) is 11.6 Å². The van der Waals surface area contributed by atoms with Crippen LogP contribution in [-0.2, 0) is 6.42 Å². The predicted molar refractivity (Wildman–Crippen MR) is 61.6 cm³/mol. The lowest BCUT2D eigenvalue weighted by Crippen LogP contribution is -2.09. The van der Waals surface area contributed by atoms with E-state index in [-0.39, 0.29) is 6.61 Å².